The Balaban J connectivity index is 3.18. The molecule has 0 aliphatic heterocycles. The Bertz CT molecular complexity index is 359. The lowest BCUT2D eigenvalue weighted by Gasteiger charge is -2.17. The van der Waals surface area contributed by atoms with Gasteiger partial charge in [0.05, 0.1) is 11.7 Å². The molecule has 0 aliphatic rings. The van der Waals surface area contributed by atoms with Gasteiger partial charge in [-0.25, -0.2) is 13.2 Å². The maximum atomic E-state index is 13.1. The van der Waals surface area contributed by atoms with E-state index < -0.39 is 35.2 Å². The summed E-state index contributed by atoms with van der Waals surface area (Å²) in [7, 11) is 0. The quantitative estimate of drug-likeness (QED) is 0.550. The largest absolute Gasteiger partial charge is 0.389 e. The lowest BCUT2D eigenvalue weighted by molar-refractivity contribution is 0.0286. The zero-order valence-electron chi connectivity index (χ0n) is 7.49. The average Bonchev–Trinajstić information content (AvgIpc) is 2.22. The minimum atomic E-state index is -1.84. The molecule has 6 heteroatoms. The predicted molar refractivity (Wildman–Crippen MR) is 51.1 cm³/mol. The van der Waals surface area contributed by atoms with Crippen molar-refractivity contribution in [1.82, 2.24) is 0 Å². The minimum absolute atomic E-state index is 0.198. The van der Waals surface area contributed by atoms with E-state index in [0.29, 0.717) is 12.1 Å². The number of aliphatic hydroxyl groups excluding tert-OH is 2. The van der Waals surface area contributed by atoms with Gasteiger partial charge in [0.1, 0.15) is 11.9 Å². The highest BCUT2D eigenvalue weighted by Crippen LogP contribution is 2.25. The first-order valence-electron chi connectivity index (χ1n) is 4.09. The monoisotopic (exact) mass is 238 g/mol. The molecule has 0 aromatic heterocycles. The number of hydrogen-bond acceptors (Lipinski definition) is 3. The number of rotatable bonds is 3. The molecule has 2 nitrogen and oxygen atoms in total. The Kier molecular flexibility index (Phi) is 4.01. The lowest BCUT2D eigenvalue weighted by Crippen LogP contribution is -2.22. The van der Waals surface area contributed by atoms with Crippen LogP contribution in [0, 0.1) is 17.5 Å². The van der Waals surface area contributed by atoms with Crippen LogP contribution in [-0.2, 0) is 0 Å². The molecule has 1 aromatic rings. The van der Waals surface area contributed by atoms with E-state index in [1.165, 1.54) is 0 Å². The molecule has 0 bridgehead atoms. The molecule has 0 fully saturated rings. The second-order valence-corrected chi connectivity index (χ2v) is 3.32. The molecule has 2 atom stereocenters. The van der Waals surface area contributed by atoms with Crippen molar-refractivity contribution in [3.8, 4) is 0 Å². The normalized spacial score (nSPS) is 15.1. The van der Waals surface area contributed by atoms with Crippen molar-refractivity contribution in [3.05, 3.63) is 35.1 Å². The standard InChI is InChI=1S/C9H9F3O2S/c10-4-1-2-5(11)8(12)7(4)9(14)6(13)3-15/h1-2,6,9,13-15H,3H2. The van der Waals surface area contributed by atoms with E-state index in [1.54, 1.807) is 0 Å². The van der Waals surface area contributed by atoms with Crippen LogP contribution in [0.15, 0.2) is 12.1 Å². The van der Waals surface area contributed by atoms with Gasteiger partial charge in [0.15, 0.2) is 11.6 Å². The third kappa shape index (κ3) is 2.45. The molecule has 0 amide bonds. The fourth-order valence-corrected chi connectivity index (χ4v) is 1.31. The summed E-state index contributed by atoms with van der Waals surface area (Å²) in [6.45, 7) is 0. The van der Waals surface area contributed by atoms with Crippen LogP contribution >= 0.6 is 12.6 Å². The molecule has 1 aromatic carbocycles. The Labute approximate surface area is 89.8 Å². The number of benzene rings is 1. The van der Waals surface area contributed by atoms with Gasteiger partial charge in [0.2, 0.25) is 0 Å². The zero-order chi connectivity index (χ0) is 11.6. The summed E-state index contributed by atoms with van der Waals surface area (Å²) in [5.74, 6) is -4.08. The van der Waals surface area contributed by atoms with E-state index in [4.69, 9.17) is 5.11 Å². The van der Waals surface area contributed by atoms with Gasteiger partial charge in [0, 0.05) is 5.75 Å². The number of hydrogen-bond donors (Lipinski definition) is 3. The van der Waals surface area contributed by atoms with Crippen LogP contribution in [0.3, 0.4) is 0 Å². The number of aliphatic hydroxyl groups is 2. The first-order valence-corrected chi connectivity index (χ1v) is 4.72. The second-order valence-electron chi connectivity index (χ2n) is 2.95. The average molecular weight is 238 g/mol. The summed E-state index contributed by atoms with van der Waals surface area (Å²) < 4.78 is 38.9. The maximum Gasteiger partial charge on any atom is 0.167 e. The number of thiol groups is 1. The van der Waals surface area contributed by atoms with E-state index >= 15 is 0 Å². The Morgan fingerprint density at radius 1 is 1.13 bits per heavy atom. The van der Waals surface area contributed by atoms with Crippen molar-refractivity contribution in [3.63, 3.8) is 0 Å². The highest BCUT2D eigenvalue weighted by atomic mass is 32.1. The van der Waals surface area contributed by atoms with Crippen molar-refractivity contribution in [2.24, 2.45) is 0 Å². The summed E-state index contributed by atoms with van der Waals surface area (Å²) >= 11 is 3.65. The van der Waals surface area contributed by atoms with Crippen LogP contribution in [0.5, 0.6) is 0 Å². The minimum Gasteiger partial charge on any atom is -0.389 e. The van der Waals surface area contributed by atoms with Crippen LogP contribution in [0.2, 0.25) is 0 Å². The van der Waals surface area contributed by atoms with E-state index in [2.05, 4.69) is 12.6 Å². The first-order chi connectivity index (χ1) is 6.99. The lowest BCUT2D eigenvalue weighted by atomic mass is 10.0. The third-order valence-electron chi connectivity index (χ3n) is 1.93. The van der Waals surface area contributed by atoms with Crippen molar-refractivity contribution in [2.75, 3.05) is 5.75 Å². The van der Waals surface area contributed by atoms with Gasteiger partial charge in [0.25, 0.3) is 0 Å². The molecule has 0 radical (unpaired) electrons. The van der Waals surface area contributed by atoms with Crippen LogP contribution < -0.4 is 0 Å². The summed E-state index contributed by atoms with van der Waals surface area (Å²) in [4.78, 5) is 0. The molecule has 0 aliphatic carbocycles. The van der Waals surface area contributed by atoms with E-state index in [9.17, 15) is 18.3 Å². The molecule has 0 spiro atoms. The van der Waals surface area contributed by atoms with E-state index in [1.807, 2.05) is 0 Å². The molecular formula is C9H9F3O2S. The summed E-state index contributed by atoms with van der Waals surface area (Å²) in [6.07, 6.45) is -3.29. The molecule has 1 rings (SSSR count). The molecule has 2 N–H and O–H groups in total. The van der Waals surface area contributed by atoms with Gasteiger partial charge >= 0.3 is 0 Å². The summed E-state index contributed by atoms with van der Waals surface area (Å²) in [6, 6.07) is 1.29. The fourth-order valence-electron chi connectivity index (χ4n) is 1.11. The first kappa shape index (κ1) is 12.4. The van der Waals surface area contributed by atoms with Crippen molar-refractivity contribution < 1.29 is 23.4 Å². The van der Waals surface area contributed by atoms with Crippen molar-refractivity contribution in [1.29, 1.82) is 0 Å². The fraction of sp³-hybridized carbons (Fsp3) is 0.333. The third-order valence-corrected chi connectivity index (χ3v) is 2.30. The van der Waals surface area contributed by atoms with Crippen LogP contribution in [0.25, 0.3) is 0 Å². The van der Waals surface area contributed by atoms with Gasteiger partial charge in [-0.15, -0.1) is 0 Å². The SMILES string of the molecule is OC(CS)C(O)c1c(F)ccc(F)c1F. The second kappa shape index (κ2) is 4.87. The summed E-state index contributed by atoms with van der Waals surface area (Å²) in [5, 5.41) is 18.5. The van der Waals surface area contributed by atoms with Crippen LogP contribution in [0.1, 0.15) is 11.7 Å². The van der Waals surface area contributed by atoms with Crippen molar-refractivity contribution in [2.45, 2.75) is 12.2 Å². The molecule has 2 unspecified atom stereocenters. The van der Waals surface area contributed by atoms with Crippen LogP contribution in [0.4, 0.5) is 13.2 Å². The van der Waals surface area contributed by atoms with Crippen LogP contribution in [-0.4, -0.2) is 22.1 Å². The van der Waals surface area contributed by atoms with Gasteiger partial charge in [-0.1, -0.05) is 0 Å². The predicted octanol–water partition coefficient (Wildman–Crippen LogP) is 1.43. The van der Waals surface area contributed by atoms with Gasteiger partial charge in [-0.3, -0.25) is 0 Å². The van der Waals surface area contributed by atoms with E-state index in [-0.39, 0.29) is 5.75 Å². The van der Waals surface area contributed by atoms with E-state index in [0.717, 1.165) is 0 Å². The number of halogens is 3. The highest BCUT2D eigenvalue weighted by Gasteiger charge is 2.26. The van der Waals surface area contributed by atoms with Crippen molar-refractivity contribution >= 4 is 12.6 Å². The smallest absolute Gasteiger partial charge is 0.167 e. The molecule has 84 valence electrons. The maximum absolute atomic E-state index is 13.1. The molecule has 0 heterocycles. The Hall–Kier alpha value is -0.720. The zero-order valence-corrected chi connectivity index (χ0v) is 8.39. The van der Waals surface area contributed by atoms with Gasteiger partial charge < -0.3 is 10.2 Å². The molecule has 0 saturated heterocycles. The van der Waals surface area contributed by atoms with Gasteiger partial charge in [-0.2, -0.15) is 12.6 Å². The highest BCUT2D eigenvalue weighted by molar-refractivity contribution is 7.80. The molecule has 15 heavy (non-hydrogen) atoms. The molecular weight excluding hydrogens is 229 g/mol. The molecule has 0 saturated carbocycles. The Morgan fingerprint density at radius 3 is 2.20 bits per heavy atom. The summed E-state index contributed by atoms with van der Waals surface area (Å²) in [5.41, 5.74) is -0.878. The Morgan fingerprint density at radius 2 is 1.67 bits per heavy atom. The topological polar surface area (TPSA) is 40.5 Å². The van der Waals surface area contributed by atoms with Gasteiger partial charge in [-0.05, 0) is 12.1 Å².